The molecule has 1 aromatic carbocycles. The fourth-order valence-corrected chi connectivity index (χ4v) is 7.93. The van der Waals surface area contributed by atoms with E-state index >= 15 is 0 Å². The highest BCUT2D eigenvalue weighted by atomic mass is 32.2. The lowest BCUT2D eigenvalue weighted by Crippen LogP contribution is -2.58. The van der Waals surface area contributed by atoms with Crippen LogP contribution in [0.25, 0.3) is 11.3 Å². The molecule has 1 aliphatic carbocycles. The molecule has 2 aromatic rings. The molecule has 224 valence electrons. The number of aryl methyl sites for hydroxylation is 1. The first-order valence-corrected chi connectivity index (χ1v) is 16.1. The van der Waals surface area contributed by atoms with Crippen LogP contribution in [0.1, 0.15) is 63.4 Å². The van der Waals surface area contributed by atoms with E-state index in [9.17, 15) is 22.2 Å². The van der Waals surface area contributed by atoms with Crippen molar-refractivity contribution in [3.05, 3.63) is 48.2 Å². The molecule has 3 aliphatic rings. The maximum Gasteiger partial charge on any atom is 0.389 e. The number of ether oxygens (including phenoxy) is 1. The van der Waals surface area contributed by atoms with E-state index in [1.807, 2.05) is 0 Å². The van der Waals surface area contributed by atoms with Gasteiger partial charge in [0.2, 0.25) is 0 Å². The van der Waals surface area contributed by atoms with E-state index < -0.39 is 39.1 Å². The predicted molar refractivity (Wildman–Crippen MR) is 152 cm³/mol. The standard InChI is InChI=1S/C30H38F3N3O4S/c1-41(38,25-12-8-23(9-13-25)26-14-7-22(21-34-26)5-4-15-30(31,32)33)29(16-18-36(19-17-29)24-10-11-24)28(37)35-40-27-6-2-3-20-39-27/h7-9,12-14,21,24,27H,1-6,10-11,15-20H2,(H,35,37). The van der Waals surface area contributed by atoms with Gasteiger partial charge in [0, 0.05) is 64.8 Å². The minimum absolute atomic E-state index is 0.0174. The molecule has 1 amide bonds. The van der Waals surface area contributed by atoms with Crippen LogP contribution in [0, 0.1) is 0 Å². The summed E-state index contributed by atoms with van der Waals surface area (Å²) in [6, 6.07) is 11.2. The number of hydrogen-bond donors (Lipinski definition) is 1. The molecule has 0 spiro atoms. The van der Waals surface area contributed by atoms with Crippen LogP contribution in [0.5, 0.6) is 0 Å². The van der Waals surface area contributed by atoms with E-state index in [-0.39, 0.29) is 6.42 Å². The van der Waals surface area contributed by atoms with Crippen LogP contribution >= 0.6 is 0 Å². The summed E-state index contributed by atoms with van der Waals surface area (Å²) in [5.41, 5.74) is 4.75. The van der Waals surface area contributed by atoms with Gasteiger partial charge in [0.25, 0.3) is 5.91 Å². The van der Waals surface area contributed by atoms with Crippen molar-refractivity contribution >= 4 is 21.3 Å². The highest BCUT2D eigenvalue weighted by molar-refractivity contribution is 8.02. The molecule has 0 bridgehead atoms. The number of piperidine rings is 1. The number of alkyl halides is 3. The Kier molecular flexibility index (Phi) is 9.08. The molecule has 3 fully saturated rings. The lowest BCUT2D eigenvalue weighted by Gasteiger charge is -2.42. The van der Waals surface area contributed by atoms with Crippen LogP contribution < -0.4 is 5.48 Å². The van der Waals surface area contributed by atoms with Gasteiger partial charge in [-0.05, 0) is 81.0 Å². The smallest absolute Gasteiger partial charge is 0.350 e. The molecule has 2 atom stereocenters. The topological polar surface area (TPSA) is 80.8 Å². The molecule has 1 N–H and O–H groups in total. The second-order valence-electron chi connectivity index (χ2n) is 11.3. The van der Waals surface area contributed by atoms with Crippen molar-refractivity contribution in [2.24, 2.45) is 0 Å². The van der Waals surface area contributed by atoms with Crippen molar-refractivity contribution in [1.82, 2.24) is 15.4 Å². The number of benzene rings is 1. The van der Waals surface area contributed by atoms with E-state index in [0.717, 1.165) is 36.8 Å². The molecule has 1 saturated carbocycles. The van der Waals surface area contributed by atoms with E-state index in [1.54, 1.807) is 42.6 Å². The minimum atomic E-state index is -4.16. The van der Waals surface area contributed by atoms with Crippen molar-refractivity contribution < 1.29 is 31.7 Å². The van der Waals surface area contributed by atoms with Crippen LogP contribution in [0.4, 0.5) is 13.2 Å². The average molecular weight is 594 g/mol. The maximum atomic E-state index is 14.5. The highest BCUT2D eigenvalue weighted by Crippen LogP contribution is 2.40. The summed E-state index contributed by atoms with van der Waals surface area (Å²) in [7, 11) is -3.10. The van der Waals surface area contributed by atoms with Crippen LogP contribution in [0.2, 0.25) is 0 Å². The number of likely N-dealkylation sites (tertiary alicyclic amines) is 1. The summed E-state index contributed by atoms with van der Waals surface area (Å²) >= 11 is 0. The third kappa shape index (κ3) is 7.13. The molecule has 1 aromatic heterocycles. The van der Waals surface area contributed by atoms with Gasteiger partial charge in [-0.3, -0.25) is 14.0 Å². The molecule has 2 aliphatic heterocycles. The van der Waals surface area contributed by atoms with Gasteiger partial charge >= 0.3 is 6.18 Å². The Bertz CT molecular complexity index is 1280. The first-order valence-electron chi connectivity index (χ1n) is 14.4. The van der Waals surface area contributed by atoms with Crippen LogP contribution in [-0.4, -0.2) is 68.8 Å². The fraction of sp³-hybridized carbons (Fsp3) is 0.567. The fourth-order valence-electron chi connectivity index (χ4n) is 5.72. The molecular formula is C30H38F3N3O4S. The van der Waals surface area contributed by atoms with Gasteiger partial charge < -0.3 is 9.64 Å². The number of pyridine rings is 1. The monoisotopic (exact) mass is 593 g/mol. The summed E-state index contributed by atoms with van der Waals surface area (Å²) in [6.45, 7) is 1.92. The van der Waals surface area contributed by atoms with Gasteiger partial charge in [-0.2, -0.15) is 13.2 Å². The minimum Gasteiger partial charge on any atom is -0.350 e. The quantitative estimate of drug-likeness (QED) is 0.298. The lowest BCUT2D eigenvalue weighted by molar-refractivity contribution is -0.202. The molecule has 0 radical (unpaired) electrons. The van der Waals surface area contributed by atoms with Crippen molar-refractivity contribution in [2.45, 2.75) is 92.4 Å². The number of nitrogens with one attached hydrogen (secondary N) is 1. The number of nitrogens with zero attached hydrogens (tertiary/aromatic N) is 2. The first kappa shape index (κ1) is 30.0. The molecule has 2 saturated heterocycles. The van der Waals surface area contributed by atoms with Crippen LogP contribution in [0.15, 0.2) is 47.5 Å². The third-order valence-corrected chi connectivity index (χ3v) is 11.3. The summed E-state index contributed by atoms with van der Waals surface area (Å²) in [5.74, 6) is 3.74. The van der Waals surface area contributed by atoms with Crippen molar-refractivity contribution in [3.8, 4) is 11.3 Å². The number of amides is 1. The molecular weight excluding hydrogens is 555 g/mol. The van der Waals surface area contributed by atoms with Crippen molar-refractivity contribution in [3.63, 3.8) is 0 Å². The van der Waals surface area contributed by atoms with Gasteiger partial charge in [0.15, 0.2) is 6.29 Å². The summed E-state index contributed by atoms with van der Waals surface area (Å²) < 4.78 is 56.2. The normalized spacial score (nSPS) is 23.0. The second-order valence-corrected chi connectivity index (χ2v) is 13.9. The largest absolute Gasteiger partial charge is 0.389 e. The number of halogens is 3. The third-order valence-electron chi connectivity index (χ3n) is 8.42. The van der Waals surface area contributed by atoms with Gasteiger partial charge in [-0.1, -0.05) is 18.2 Å². The van der Waals surface area contributed by atoms with Gasteiger partial charge in [-0.15, -0.1) is 0 Å². The molecule has 3 heterocycles. The Morgan fingerprint density at radius 2 is 1.85 bits per heavy atom. The first-order chi connectivity index (χ1) is 19.6. The van der Waals surface area contributed by atoms with Gasteiger partial charge in [0.1, 0.15) is 4.75 Å². The summed E-state index contributed by atoms with van der Waals surface area (Å²) in [6.07, 6.45) is 2.14. The second kappa shape index (κ2) is 12.4. The Balaban J connectivity index is 1.30. The SMILES string of the molecule is C=S(=O)(c1ccc(-c2ccc(CCCC(F)(F)F)cn2)cc1)C1(C(=O)NOC2CCCCO2)CCN(C2CC2)CC1. The highest BCUT2D eigenvalue weighted by Gasteiger charge is 2.50. The lowest BCUT2D eigenvalue weighted by atomic mass is 9.94. The zero-order valence-corrected chi connectivity index (χ0v) is 24.0. The number of hydrogen-bond acceptors (Lipinski definition) is 6. The Hall–Kier alpha value is -2.47. The van der Waals surface area contributed by atoms with Crippen molar-refractivity contribution in [1.29, 1.82) is 0 Å². The number of aromatic nitrogens is 1. The number of hydroxylamine groups is 1. The zero-order chi connectivity index (χ0) is 29.1. The van der Waals surface area contributed by atoms with Crippen LogP contribution in [-0.2, 0) is 30.3 Å². The Morgan fingerprint density at radius 1 is 1.12 bits per heavy atom. The molecule has 41 heavy (non-hydrogen) atoms. The molecule has 5 rings (SSSR count). The summed E-state index contributed by atoms with van der Waals surface area (Å²) in [4.78, 5) is 26.6. The van der Waals surface area contributed by atoms with E-state index in [1.165, 1.54) is 0 Å². The summed E-state index contributed by atoms with van der Waals surface area (Å²) in [5, 5.41) is 0. The Morgan fingerprint density at radius 3 is 2.44 bits per heavy atom. The van der Waals surface area contributed by atoms with Crippen LogP contribution in [0.3, 0.4) is 0 Å². The number of rotatable bonds is 10. The molecule has 11 heteroatoms. The molecule has 2 unspecified atom stereocenters. The van der Waals surface area contributed by atoms with E-state index in [0.29, 0.717) is 62.0 Å². The number of carbonyl (C=O) groups is 1. The van der Waals surface area contributed by atoms with Gasteiger partial charge in [-0.25, -0.2) is 10.3 Å². The van der Waals surface area contributed by atoms with Gasteiger partial charge in [0.05, 0.1) is 5.69 Å². The van der Waals surface area contributed by atoms with Crippen molar-refractivity contribution in [2.75, 3.05) is 19.7 Å². The Labute approximate surface area is 239 Å². The number of carbonyl (C=O) groups excluding carboxylic acids is 1. The molecule has 7 nitrogen and oxygen atoms in total. The maximum absolute atomic E-state index is 14.5. The predicted octanol–water partition coefficient (Wildman–Crippen LogP) is 5.28. The van der Waals surface area contributed by atoms with E-state index in [2.05, 4.69) is 21.2 Å². The zero-order valence-electron chi connectivity index (χ0n) is 23.2. The van der Waals surface area contributed by atoms with E-state index in [4.69, 9.17) is 9.57 Å². The average Bonchev–Trinajstić information content (AvgIpc) is 3.82.